The second kappa shape index (κ2) is 5.05. The van der Waals surface area contributed by atoms with Gasteiger partial charge in [-0.1, -0.05) is 0 Å². The first kappa shape index (κ1) is 13.0. The molecule has 0 aliphatic carbocycles. The van der Waals surface area contributed by atoms with Gasteiger partial charge in [-0.2, -0.15) is 14.8 Å². The third-order valence-electron chi connectivity index (χ3n) is 2.72. The van der Waals surface area contributed by atoms with E-state index in [1.165, 1.54) is 15.7 Å². The highest BCUT2D eigenvalue weighted by atomic mass is 16.4. The third-order valence-corrected chi connectivity index (χ3v) is 2.72. The van der Waals surface area contributed by atoms with Gasteiger partial charge in [0.2, 0.25) is 0 Å². The number of aliphatic carboxylic acids is 1. The van der Waals surface area contributed by atoms with Crippen LogP contribution in [0.2, 0.25) is 0 Å². The van der Waals surface area contributed by atoms with Crippen LogP contribution in [0, 0.1) is 0 Å². The third kappa shape index (κ3) is 2.54. The lowest BCUT2D eigenvalue weighted by Gasteiger charge is -2.24. The summed E-state index contributed by atoms with van der Waals surface area (Å²) >= 11 is 0. The molecule has 0 aliphatic rings. The van der Waals surface area contributed by atoms with Crippen molar-refractivity contribution in [1.29, 1.82) is 0 Å². The normalized spacial score (nSPS) is 10.9. The predicted octanol–water partition coefficient (Wildman–Crippen LogP) is 0.664. The molecule has 100 valence electrons. The summed E-state index contributed by atoms with van der Waals surface area (Å²) in [6.45, 7) is 3.20. The smallest absolute Gasteiger partial charge is 0.323 e. The van der Waals surface area contributed by atoms with E-state index in [-0.39, 0.29) is 18.5 Å². The highest BCUT2D eigenvalue weighted by Crippen LogP contribution is 2.13. The summed E-state index contributed by atoms with van der Waals surface area (Å²) in [7, 11) is 0. The van der Waals surface area contributed by atoms with Gasteiger partial charge in [-0.15, -0.1) is 0 Å². The van der Waals surface area contributed by atoms with Crippen molar-refractivity contribution < 1.29 is 14.7 Å². The molecule has 0 spiro atoms. The van der Waals surface area contributed by atoms with Gasteiger partial charge in [0.15, 0.2) is 0 Å². The van der Waals surface area contributed by atoms with Gasteiger partial charge >= 0.3 is 5.97 Å². The quantitative estimate of drug-likeness (QED) is 0.874. The van der Waals surface area contributed by atoms with Crippen LogP contribution in [0.5, 0.6) is 0 Å². The van der Waals surface area contributed by atoms with Crippen molar-refractivity contribution in [3.8, 4) is 0 Å². The van der Waals surface area contributed by atoms with Crippen molar-refractivity contribution in [2.75, 3.05) is 6.54 Å². The Kier molecular flexibility index (Phi) is 3.46. The molecular weight excluding hydrogens is 248 g/mol. The minimum atomic E-state index is -1.04. The Bertz CT molecular complexity index is 620. The molecule has 1 N–H and O–H groups in total. The molecule has 7 heteroatoms. The number of amides is 1. The largest absolute Gasteiger partial charge is 0.480 e. The first-order valence-corrected chi connectivity index (χ1v) is 5.82. The maximum atomic E-state index is 12.4. The van der Waals surface area contributed by atoms with Crippen molar-refractivity contribution >= 4 is 17.4 Å². The van der Waals surface area contributed by atoms with Gasteiger partial charge in [0.1, 0.15) is 12.1 Å². The highest BCUT2D eigenvalue weighted by Gasteiger charge is 2.24. The van der Waals surface area contributed by atoms with Crippen LogP contribution in [-0.4, -0.2) is 49.3 Å². The summed E-state index contributed by atoms with van der Waals surface area (Å²) in [6, 6.07) is 3.20. The molecule has 0 bridgehead atoms. The van der Waals surface area contributed by atoms with Crippen molar-refractivity contribution in [1.82, 2.24) is 19.7 Å². The van der Waals surface area contributed by atoms with E-state index in [0.717, 1.165) is 0 Å². The Morgan fingerprint density at radius 3 is 2.79 bits per heavy atom. The molecule has 0 unspecified atom stereocenters. The maximum Gasteiger partial charge on any atom is 0.323 e. The molecule has 0 saturated carbocycles. The minimum absolute atomic E-state index is 0.213. The lowest BCUT2D eigenvalue weighted by atomic mass is 10.2. The van der Waals surface area contributed by atoms with Crippen molar-refractivity contribution in [2.45, 2.75) is 19.9 Å². The van der Waals surface area contributed by atoms with Gasteiger partial charge in [-0.25, -0.2) is 0 Å². The number of hydrogen-bond donors (Lipinski definition) is 1. The average Bonchev–Trinajstić information content (AvgIpc) is 2.78. The van der Waals surface area contributed by atoms with Crippen LogP contribution in [0.25, 0.3) is 5.52 Å². The number of hydrogen-bond acceptors (Lipinski definition) is 4. The molecule has 0 saturated heterocycles. The number of rotatable bonds is 4. The Hall–Kier alpha value is -2.44. The lowest BCUT2D eigenvalue weighted by Crippen LogP contribution is -2.40. The van der Waals surface area contributed by atoms with Gasteiger partial charge < -0.3 is 10.0 Å². The van der Waals surface area contributed by atoms with E-state index in [2.05, 4.69) is 10.2 Å². The van der Waals surface area contributed by atoms with Crippen LogP contribution < -0.4 is 0 Å². The molecule has 1 amide bonds. The number of fused-ring (bicyclic) bond motifs is 1. The summed E-state index contributed by atoms with van der Waals surface area (Å²) in [4.78, 5) is 24.5. The van der Waals surface area contributed by atoms with Crippen molar-refractivity contribution in [2.24, 2.45) is 0 Å². The number of carbonyl (C=O) groups is 2. The van der Waals surface area contributed by atoms with Crippen molar-refractivity contribution in [3.05, 3.63) is 30.1 Å². The van der Waals surface area contributed by atoms with Gasteiger partial charge in [-0.3, -0.25) is 9.59 Å². The Balaban J connectivity index is 2.39. The first-order chi connectivity index (χ1) is 9.00. The molecule has 2 aromatic rings. The van der Waals surface area contributed by atoms with E-state index >= 15 is 0 Å². The number of carboxylic acid groups (broad SMARTS) is 1. The number of carboxylic acids is 1. The highest BCUT2D eigenvalue weighted by molar-refractivity contribution is 6.01. The SMILES string of the molecule is CC(C)N(CC(=O)O)C(=O)c1cnn2ncccc12. The second-order valence-electron chi connectivity index (χ2n) is 4.38. The van der Waals surface area contributed by atoms with Crippen LogP contribution >= 0.6 is 0 Å². The van der Waals surface area contributed by atoms with Crippen LogP contribution in [0.15, 0.2) is 24.5 Å². The molecule has 2 rings (SSSR count). The number of nitrogens with zero attached hydrogens (tertiary/aromatic N) is 4. The monoisotopic (exact) mass is 262 g/mol. The van der Waals surface area contributed by atoms with Crippen LogP contribution in [0.4, 0.5) is 0 Å². The van der Waals surface area contributed by atoms with Gasteiger partial charge in [0.25, 0.3) is 5.91 Å². The van der Waals surface area contributed by atoms with Crippen LogP contribution in [0.1, 0.15) is 24.2 Å². The predicted molar refractivity (Wildman–Crippen MR) is 66.8 cm³/mol. The van der Waals surface area contributed by atoms with Crippen LogP contribution in [0.3, 0.4) is 0 Å². The fraction of sp³-hybridized carbons (Fsp3) is 0.333. The van der Waals surface area contributed by atoms with Crippen molar-refractivity contribution in [3.63, 3.8) is 0 Å². The van der Waals surface area contributed by atoms with Gasteiger partial charge in [-0.05, 0) is 26.0 Å². The Morgan fingerprint density at radius 2 is 2.16 bits per heavy atom. The van der Waals surface area contributed by atoms with E-state index in [1.54, 1.807) is 32.2 Å². The van der Waals surface area contributed by atoms with Gasteiger partial charge in [0, 0.05) is 12.2 Å². The zero-order valence-corrected chi connectivity index (χ0v) is 10.6. The molecule has 0 fully saturated rings. The standard InChI is InChI=1S/C12H14N4O3/c1-8(2)15(7-11(17)18)12(19)9-6-14-16-10(9)4-3-5-13-16/h3-6,8H,7H2,1-2H3,(H,17,18). The molecule has 7 nitrogen and oxygen atoms in total. The zero-order valence-electron chi connectivity index (χ0n) is 10.6. The van der Waals surface area contributed by atoms with Crippen LogP contribution in [-0.2, 0) is 4.79 Å². The Labute approximate surface area is 109 Å². The molecule has 0 atom stereocenters. The van der Waals surface area contributed by atoms with E-state index in [9.17, 15) is 9.59 Å². The molecule has 0 radical (unpaired) electrons. The first-order valence-electron chi connectivity index (χ1n) is 5.82. The number of carbonyl (C=O) groups excluding carboxylic acids is 1. The molecular formula is C12H14N4O3. The lowest BCUT2D eigenvalue weighted by molar-refractivity contribution is -0.138. The van der Waals surface area contributed by atoms with E-state index in [4.69, 9.17) is 5.11 Å². The molecule has 0 aliphatic heterocycles. The maximum absolute atomic E-state index is 12.4. The summed E-state index contributed by atoms with van der Waals surface area (Å²) in [5.41, 5.74) is 0.909. The van der Waals surface area contributed by atoms with Gasteiger partial charge in [0.05, 0.1) is 11.8 Å². The summed E-state index contributed by atoms with van der Waals surface area (Å²) in [5.74, 6) is -1.41. The van der Waals surface area contributed by atoms with E-state index in [0.29, 0.717) is 11.1 Å². The van der Waals surface area contributed by atoms with E-state index in [1.807, 2.05) is 0 Å². The minimum Gasteiger partial charge on any atom is -0.480 e. The fourth-order valence-corrected chi connectivity index (χ4v) is 1.79. The summed E-state index contributed by atoms with van der Waals surface area (Å²) in [5, 5.41) is 16.8. The topological polar surface area (TPSA) is 87.8 Å². The van der Waals surface area contributed by atoms with E-state index < -0.39 is 5.97 Å². The zero-order chi connectivity index (χ0) is 14.0. The molecule has 0 aromatic carbocycles. The molecule has 2 heterocycles. The summed E-state index contributed by atoms with van der Waals surface area (Å²) in [6.07, 6.45) is 2.97. The molecule has 2 aromatic heterocycles. The molecule has 19 heavy (non-hydrogen) atoms. The Morgan fingerprint density at radius 1 is 1.42 bits per heavy atom. The number of aromatic nitrogens is 3. The summed E-state index contributed by atoms with van der Waals surface area (Å²) < 4.78 is 1.34. The second-order valence-corrected chi connectivity index (χ2v) is 4.38. The fourth-order valence-electron chi connectivity index (χ4n) is 1.79. The average molecular weight is 262 g/mol.